The van der Waals surface area contributed by atoms with Crippen LogP contribution in [0.4, 0.5) is 0 Å². The summed E-state index contributed by atoms with van der Waals surface area (Å²) in [6.45, 7) is 0. The van der Waals surface area contributed by atoms with Gasteiger partial charge in [0.2, 0.25) is 0 Å². The van der Waals surface area contributed by atoms with Gasteiger partial charge in [0, 0.05) is 0 Å². The standard InChI is InChI=1S/Al.Li.O.Ti.4H. The van der Waals surface area contributed by atoms with E-state index in [1.165, 1.54) is 0 Å². The molecule has 0 unspecified atom stereocenters. The molecule has 0 aliphatic heterocycles. The summed E-state index contributed by atoms with van der Waals surface area (Å²) in [5, 5.41) is 0. The molecule has 0 saturated heterocycles. The molecule has 0 amide bonds. The van der Waals surface area contributed by atoms with Gasteiger partial charge in [-0.3, -0.25) is 0 Å². The van der Waals surface area contributed by atoms with Gasteiger partial charge in [0.15, 0.2) is 17.4 Å². The van der Waals surface area contributed by atoms with Crippen LogP contribution in [0.1, 0.15) is 0 Å². The monoisotopic (exact) mass is 102 g/mol. The fourth-order valence-corrected chi connectivity index (χ4v) is 0. The van der Waals surface area contributed by atoms with Crippen LogP contribution in [0.2, 0.25) is 0 Å². The van der Waals surface area contributed by atoms with Crippen molar-refractivity contribution >= 4 is 36.2 Å². The molecule has 0 radical (unpaired) electrons. The fraction of sp³-hybridized carbons (Fsp3) is 0. The molecule has 0 spiro atoms. The fourth-order valence-electron chi connectivity index (χ4n) is 0. The topological polar surface area (TPSA) is 17.1 Å². The van der Waals surface area contributed by atoms with Gasteiger partial charge in [-0.25, -0.2) is 0 Å². The molecule has 0 fully saturated rings. The zero-order valence-electron chi connectivity index (χ0n) is 0.908. The molecule has 0 atom stereocenters. The normalized spacial score (nSPS) is 0.750. The average molecular weight is 102 g/mol. The molecule has 0 aliphatic rings. The molecule has 0 aromatic heterocycles. The molecule has 0 aliphatic carbocycles. The third-order valence-corrected chi connectivity index (χ3v) is 0. The van der Waals surface area contributed by atoms with E-state index in [0.717, 1.165) is 20.4 Å². The first-order valence-corrected chi connectivity index (χ1v) is 0.842. The first-order chi connectivity index (χ1) is 1.00. The van der Waals surface area contributed by atoms with Gasteiger partial charge < -0.3 is 0 Å². The molecule has 0 N–H and O–H groups in total. The molecule has 4 heteroatoms. The van der Waals surface area contributed by atoms with Crippen LogP contribution in [-0.2, 0) is 23.7 Å². The van der Waals surface area contributed by atoms with Crippen molar-refractivity contribution in [3.63, 3.8) is 0 Å². The van der Waals surface area contributed by atoms with Gasteiger partial charge in [0.05, 0.1) is 0 Å². The molecular formula is H4AlLiOTi. The van der Waals surface area contributed by atoms with E-state index in [9.17, 15) is 0 Å². The minimum atomic E-state index is 0. The Hall–Kier alpha value is 1.64. The zero-order valence-corrected chi connectivity index (χ0v) is 2.47. The molecule has 4 heavy (non-hydrogen) atoms. The third-order valence-electron chi connectivity index (χ3n) is 0. The Morgan fingerprint density at radius 2 is 1.25 bits per heavy atom. The summed E-state index contributed by atoms with van der Waals surface area (Å²) < 4.78 is 8.25. The van der Waals surface area contributed by atoms with E-state index >= 15 is 0 Å². The Balaban J connectivity index is -0.00000000500. The first-order valence-electron chi connectivity index (χ1n) is 0.204. The number of hydrogen-bond donors (Lipinski definition) is 0. The molecule has 0 heterocycles. The Labute approximate surface area is 59.6 Å². The van der Waals surface area contributed by atoms with Crippen LogP contribution in [0.5, 0.6) is 0 Å². The molecule has 18 valence electrons. The molecule has 0 saturated carbocycles. The van der Waals surface area contributed by atoms with Gasteiger partial charge in [0.25, 0.3) is 0 Å². The van der Waals surface area contributed by atoms with Crippen molar-refractivity contribution in [1.82, 2.24) is 0 Å². The average Bonchev–Trinajstić information content (AvgIpc) is 1.00. The van der Waals surface area contributed by atoms with Gasteiger partial charge in [-0.1, -0.05) is 0 Å². The van der Waals surface area contributed by atoms with Gasteiger partial charge in [-0.15, -0.1) is 0 Å². The van der Waals surface area contributed by atoms with Crippen molar-refractivity contribution in [1.29, 1.82) is 0 Å². The van der Waals surface area contributed by atoms with E-state index in [1.807, 2.05) is 0 Å². The minimum absolute atomic E-state index is 0. The third kappa shape index (κ3) is 9.43. The molecule has 1 nitrogen and oxygen atoms in total. The van der Waals surface area contributed by atoms with Crippen molar-refractivity contribution in [3.8, 4) is 0 Å². The summed E-state index contributed by atoms with van der Waals surface area (Å²) in [4.78, 5) is 0. The number of hydrogen-bond acceptors (Lipinski definition) is 1. The van der Waals surface area contributed by atoms with Gasteiger partial charge in [-0.05, 0) is 0 Å². The summed E-state index contributed by atoms with van der Waals surface area (Å²) in [6, 6.07) is 0. The van der Waals surface area contributed by atoms with Crippen molar-refractivity contribution in [2.75, 3.05) is 0 Å². The van der Waals surface area contributed by atoms with Gasteiger partial charge in [0.1, 0.15) is 0 Å². The summed E-state index contributed by atoms with van der Waals surface area (Å²) in [5.41, 5.74) is 0. The Kier molecular flexibility index (Phi) is 99.3. The second-order valence-corrected chi connectivity index (χ2v) is 0. The quantitative estimate of drug-likeness (QED) is 0.324. The van der Waals surface area contributed by atoms with Crippen LogP contribution < -0.4 is 0 Å². The Morgan fingerprint density at radius 3 is 1.25 bits per heavy atom. The Bertz CT molecular complexity index is 8.00. The van der Waals surface area contributed by atoms with Crippen molar-refractivity contribution in [2.45, 2.75) is 0 Å². The van der Waals surface area contributed by atoms with Crippen LogP contribution in [-0.4, -0.2) is 36.2 Å². The van der Waals surface area contributed by atoms with Crippen molar-refractivity contribution in [3.05, 3.63) is 0 Å². The van der Waals surface area contributed by atoms with Gasteiger partial charge in [-0.2, -0.15) is 0 Å². The van der Waals surface area contributed by atoms with Crippen LogP contribution >= 0.6 is 0 Å². The molecular weight excluding hydrogens is 97.8 g/mol. The van der Waals surface area contributed by atoms with Crippen molar-refractivity contribution < 1.29 is 23.7 Å². The molecule has 0 rings (SSSR count). The second-order valence-electron chi connectivity index (χ2n) is 0. The van der Waals surface area contributed by atoms with E-state index < -0.39 is 0 Å². The summed E-state index contributed by atoms with van der Waals surface area (Å²) in [6.07, 6.45) is 0. The first kappa shape index (κ1) is 17.4. The predicted molar refractivity (Wildman–Crippen MR) is 17.8 cm³/mol. The van der Waals surface area contributed by atoms with E-state index in [1.54, 1.807) is 0 Å². The Morgan fingerprint density at radius 1 is 1.25 bits per heavy atom. The second kappa shape index (κ2) is 22.8. The van der Waals surface area contributed by atoms with E-state index in [0.29, 0.717) is 0 Å². The van der Waals surface area contributed by atoms with Crippen molar-refractivity contribution in [2.24, 2.45) is 0 Å². The van der Waals surface area contributed by atoms with Crippen LogP contribution in [0.25, 0.3) is 0 Å². The van der Waals surface area contributed by atoms with Gasteiger partial charge >= 0.3 is 42.6 Å². The zero-order chi connectivity index (χ0) is 2.00. The summed E-state index contributed by atoms with van der Waals surface area (Å²) in [7, 11) is 0. The maximum absolute atomic E-state index is 8.25. The summed E-state index contributed by atoms with van der Waals surface area (Å²) in [5.74, 6) is 0. The van der Waals surface area contributed by atoms with E-state index in [4.69, 9.17) is 3.32 Å². The molecule has 0 bridgehead atoms. The number of rotatable bonds is 0. The van der Waals surface area contributed by atoms with Crippen LogP contribution in [0.3, 0.4) is 0 Å². The SMILES string of the molecule is [AlH3].[LiH].[O]=[Ti]. The van der Waals surface area contributed by atoms with Crippen LogP contribution in [0.15, 0.2) is 0 Å². The van der Waals surface area contributed by atoms with E-state index in [2.05, 4.69) is 0 Å². The van der Waals surface area contributed by atoms with Crippen LogP contribution in [0, 0.1) is 0 Å². The predicted octanol–water partition coefficient (Wildman–Crippen LogP) is -1.95. The van der Waals surface area contributed by atoms with E-state index in [-0.39, 0.29) is 36.2 Å². The molecule has 0 aromatic rings. The molecule has 0 aromatic carbocycles. The maximum atomic E-state index is 8.25. The summed E-state index contributed by atoms with van der Waals surface area (Å²) >= 11 is 0.750.